The summed E-state index contributed by atoms with van der Waals surface area (Å²) in [7, 11) is 0. The van der Waals surface area contributed by atoms with Crippen LogP contribution in [0.1, 0.15) is 15.9 Å². The van der Waals surface area contributed by atoms with Gasteiger partial charge in [-0.25, -0.2) is 4.79 Å². The first-order valence-corrected chi connectivity index (χ1v) is 6.57. The van der Waals surface area contributed by atoms with Crippen LogP contribution < -0.4 is 5.43 Å². The highest BCUT2D eigenvalue weighted by molar-refractivity contribution is 6.41. The number of allylic oxidation sites excluding steroid dienone is 1. The van der Waals surface area contributed by atoms with Gasteiger partial charge >= 0.3 is 5.97 Å². The largest absolute Gasteiger partial charge is 0.478 e. The van der Waals surface area contributed by atoms with Crippen LogP contribution in [0.15, 0.2) is 64.7 Å². The Balaban J connectivity index is 1.95. The molecule has 0 aliphatic heterocycles. The van der Waals surface area contributed by atoms with Crippen molar-refractivity contribution in [3.8, 4) is 0 Å². The zero-order valence-electron chi connectivity index (χ0n) is 11.0. The average molecular weight is 301 g/mol. The first kappa shape index (κ1) is 14.8. The van der Waals surface area contributed by atoms with E-state index in [1.807, 2.05) is 30.3 Å². The molecule has 2 aromatic rings. The molecule has 0 atom stereocenters. The maximum atomic E-state index is 10.7. The van der Waals surface area contributed by atoms with Crippen molar-refractivity contribution in [1.82, 2.24) is 0 Å². The maximum absolute atomic E-state index is 10.7. The first-order chi connectivity index (χ1) is 10.1. The minimum atomic E-state index is -0.959. The predicted molar refractivity (Wildman–Crippen MR) is 85.8 cm³/mol. The third kappa shape index (κ3) is 4.78. The number of anilines is 1. The van der Waals surface area contributed by atoms with E-state index in [2.05, 4.69) is 10.5 Å². The Hall–Kier alpha value is -2.59. The standard InChI is InChI=1S/C16H13ClN2O2/c17-14(10-12-4-2-1-3-5-12)11-18-19-15-8-6-13(7-9-15)16(20)21/h1-11,19H,(H,20,21)/b14-10-,18-11-. The van der Waals surface area contributed by atoms with Gasteiger partial charge in [0, 0.05) is 0 Å². The number of nitrogens with zero attached hydrogens (tertiary/aromatic N) is 1. The second-order valence-electron chi connectivity index (χ2n) is 4.19. The summed E-state index contributed by atoms with van der Waals surface area (Å²) < 4.78 is 0. The number of hydrogen-bond donors (Lipinski definition) is 2. The van der Waals surface area contributed by atoms with Crippen molar-refractivity contribution in [2.24, 2.45) is 5.10 Å². The Morgan fingerprint density at radius 3 is 2.38 bits per heavy atom. The van der Waals surface area contributed by atoms with E-state index in [0.717, 1.165) is 5.56 Å². The molecule has 0 heterocycles. The van der Waals surface area contributed by atoms with Gasteiger partial charge in [-0.15, -0.1) is 0 Å². The molecule has 0 fully saturated rings. The number of aromatic carboxylic acids is 1. The van der Waals surface area contributed by atoms with Crippen LogP contribution in [0, 0.1) is 0 Å². The predicted octanol–water partition coefficient (Wildman–Crippen LogP) is 4.06. The fourth-order valence-electron chi connectivity index (χ4n) is 1.60. The van der Waals surface area contributed by atoms with Gasteiger partial charge in [-0.3, -0.25) is 5.43 Å². The third-order valence-corrected chi connectivity index (χ3v) is 2.82. The molecular weight excluding hydrogens is 288 g/mol. The fraction of sp³-hybridized carbons (Fsp3) is 0. The second-order valence-corrected chi connectivity index (χ2v) is 4.63. The fourth-order valence-corrected chi connectivity index (χ4v) is 1.78. The molecule has 21 heavy (non-hydrogen) atoms. The van der Waals surface area contributed by atoms with Crippen LogP contribution in [0.25, 0.3) is 6.08 Å². The van der Waals surface area contributed by atoms with E-state index in [0.29, 0.717) is 10.7 Å². The van der Waals surface area contributed by atoms with Crippen molar-refractivity contribution in [3.05, 3.63) is 70.8 Å². The molecule has 2 N–H and O–H groups in total. The SMILES string of the molecule is O=C(O)c1ccc(N/N=C\C(Cl)=C\c2ccccc2)cc1. The van der Waals surface area contributed by atoms with Crippen LogP contribution in [-0.2, 0) is 0 Å². The first-order valence-electron chi connectivity index (χ1n) is 6.20. The summed E-state index contributed by atoms with van der Waals surface area (Å²) in [6, 6.07) is 15.9. The van der Waals surface area contributed by atoms with Crippen LogP contribution in [0.3, 0.4) is 0 Å². The van der Waals surface area contributed by atoms with Gasteiger partial charge in [-0.1, -0.05) is 41.9 Å². The quantitative estimate of drug-likeness (QED) is 0.646. The molecule has 0 aromatic heterocycles. The Morgan fingerprint density at radius 2 is 1.76 bits per heavy atom. The average Bonchev–Trinajstić information content (AvgIpc) is 2.49. The number of carboxylic acid groups (broad SMARTS) is 1. The molecule has 0 aliphatic carbocycles. The highest BCUT2D eigenvalue weighted by Gasteiger charge is 2.00. The van der Waals surface area contributed by atoms with E-state index in [-0.39, 0.29) is 5.56 Å². The number of hydrazone groups is 1. The van der Waals surface area contributed by atoms with Crippen LogP contribution >= 0.6 is 11.6 Å². The number of rotatable bonds is 5. The number of nitrogens with one attached hydrogen (secondary N) is 1. The summed E-state index contributed by atoms with van der Waals surface area (Å²) in [5.41, 5.74) is 4.67. The highest BCUT2D eigenvalue weighted by atomic mass is 35.5. The van der Waals surface area contributed by atoms with Gasteiger partial charge in [0.1, 0.15) is 0 Å². The van der Waals surface area contributed by atoms with Crippen molar-refractivity contribution in [2.75, 3.05) is 5.43 Å². The molecular formula is C16H13ClN2O2. The third-order valence-electron chi connectivity index (χ3n) is 2.62. The van der Waals surface area contributed by atoms with Gasteiger partial charge in [-0.05, 0) is 35.9 Å². The zero-order valence-corrected chi connectivity index (χ0v) is 11.8. The van der Waals surface area contributed by atoms with Gasteiger partial charge in [-0.2, -0.15) is 5.10 Å². The molecule has 0 aliphatic rings. The lowest BCUT2D eigenvalue weighted by molar-refractivity contribution is 0.0697. The van der Waals surface area contributed by atoms with Crippen molar-refractivity contribution in [1.29, 1.82) is 0 Å². The number of carboxylic acids is 1. The zero-order chi connectivity index (χ0) is 15.1. The summed E-state index contributed by atoms with van der Waals surface area (Å²) >= 11 is 6.04. The molecule has 4 nitrogen and oxygen atoms in total. The minimum Gasteiger partial charge on any atom is -0.478 e. The van der Waals surface area contributed by atoms with Gasteiger partial charge in [0.25, 0.3) is 0 Å². The maximum Gasteiger partial charge on any atom is 0.335 e. The minimum absolute atomic E-state index is 0.228. The molecule has 0 saturated heterocycles. The second kappa shape index (κ2) is 7.26. The molecule has 0 bridgehead atoms. The lowest BCUT2D eigenvalue weighted by Crippen LogP contribution is -1.96. The van der Waals surface area contributed by atoms with Gasteiger partial charge in [0.2, 0.25) is 0 Å². The van der Waals surface area contributed by atoms with E-state index >= 15 is 0 Å². The van der Waals surface area contributed by atoms with Gasteiger partial charge in [0.15, 0.2) is 0 Å². The number of benzene rings is 2. The summed E-state index contributed by atoms with van der Waals surface area (Å²) in [4.78, 5) is 10.7. The molecule has 0 amide bonds. The molecule has 0 radical (unpaired) electrons. The van der Waals surface area contributed by atoms with E-state index in [1.54, 1.807) is 18.2 Å². The lowest BCUT2D eigenvalue weighted by atomic mass is 10.2. The van der Waals surface area contributed by atoms with Crippen molar-refractivity contribution in [2.45, 2.75) is 0 Å². The molecule has 0 spiro atoms. The van der Waals surface area contributed by atoms with E-state index < -0.39 is 5.97 Å². The lowest BCUT2D eigenvalue weighted by Gasteiger charge is -2.00. The van der Waals surface area contributed by atoms with Crippen molar-refractivity contribution >= 4 is 35.5 Å². The van der Waals surface area contributed by atoms with Gasteiger partial charge in [0.05, 0.1) is 22.5 Å². The molecule has 106 valence electrons. The Morgan fingerprint density at radius 1 is 1.10 bits per heavy atom. The normalized spacial score (nSPS) is 11.6. The summed E-state index contributed by atoms with van der Waals surface area (Å²) in [6.07, 6.45) is 3.28. The highest BCUT2D eigenvalue weighted by Crippen LogP contribution is 2.11. The molecule has 2 rings (SSSR count). The summed E-state index contributed by atoms with van der Waals surface area (Å²) in [5.74, 6) is -0.959. The number of hydrogen-bond acceptors (Lipinski definition) is 3. The topological polar surface area (TPSA) is 61.7 Å². The monoisotopic (exact) mass is 300 g/mol. The summed E-state index contributed by atoms with van der Waals surface area (Å²) in [6.45, 7) is 0. The Labute approximate surface area is 127 Å². The van der Waals surface area contributed by atoms with E-state index in [4.69, 9.17) is 16.7 Å². The van der Waals surface area contributed by atoms with E-state index in [9.17, 15) is 4.79 Å². The summed E-state index contributed by atoms with van der Waals surface area (Å²) in [5, 5.41) is 13.3. The molecule has 0 saturated carbocycles. The van der Waals surface area contributed by atoms with Crippen LogP contribution in [0.5, 0.6) is 0 Å². The smallest absolute Gasteiger partial charge is 0.335 e. The Bertz CT molecular complexity index is 664. The molecule has 0 unspecified atom stereocenters. The van der Waals surface area contributed by atoms with Crippen LogP contribution in [0.4, 0.5) is 5.69 Å². The number of carbonyl (C=O) groups is 1. The van der Waals surface area contributed by atoms with Crippen molar-refractivity contribution < 1.29 is 9.90 Å². The molecule has 2 aromatic carbocycles. The van der Waals surface area contributed by atoms with Gasteiger partial charge < -0.3 is 5.11 Å². The molecule has 5 heteroatoms. The Kier molecular flexibility index (Phi) is 5.12. The van der Waals surface area contributed by atoms with Crippen molar-refractivity contribution in [3.63, 3.8) is 0 Å². The van der Waals surface area contributed by atoms with Crippen LogP contribution in [-0.4, -0.2) is 17.3 Å². The van der Waals surface area contributed by atoms with E-state index in [1.165, 1.54) is 18.3 Å². The van der Waals surface area contributed by atoms with Crippen LogP contribution in [0.2, 0.25) is 0 Å². The number of halogens is 1.